The number of carbonyl (C=O) groups is 1. The Hall–Kier alpha value is -2.08. The molecule has 0 bridgehead atoms. The Morgan fingerprint density at radius 1 is 1.25 bits per heavy atom. The van der Waals surface area contributed by atoms with Gasteiger partial charge in [0, 0.05) is 55.0 Å². The van der Waals surface area contributed by atoms with Crippen LogP contribution in [0.25, 0.3) is 0 Å². The molecule has 0 spiro atoms. The molecule has 2 aromatic rings. The fraction of sp³-hybridized carbons (Fsp3) is 0.333. The van der Waals surface area contributed by atoms with Crippen LogP contribution >= 0.6 is 15.9 Å². The van der Waals surface area contributed by atoms with E-state index in [0.29, 0.717) is 24.5 Å². The van der Waals surface area contributed by atoms with Crippen LogP contribution in [0, 0.1) is 0 Å². The highest BCUT2D eigenvalue weighted by atomic mass is 79.9. The number of hydrogen-bond donors (Lipinski definition) is 0. The van der Waals surface area contributed by atoms with Crippen molar-refractivity contribution in [2.75, 3.05) is 32.1 Å². The van der Waals surface area contributed by atoms with Crippen molar-refractivity contribution in [3.05, 3.63) is 52.6 Å². The van der Waals surface area contributed by atoms with Crippen molar-refractivity contribution in [2.45, 2.75) is 12.5 Å². The smallest absolute Gasteiger partial charge is 0.253 e. The van der Waals surface area contributed by atoms with Crippen molar-refractivity contribution in [3.8, 4) is 5.88 Å². The third-order valence-electron chi connectivity index (χ3n) is 4.05. The number of hydrogen-bond acceptors (Lipinski definition) is 4. The Morgan fingerprint density at radius 3 is 2.62 bits per heavy atom. The number of aromatic nitrogens is 1. The summed E-state index contributed by atoms with van der Waals surface area (Å²) in [6, 6.07) is 11.4. The number of carbonyl (C=O) groups excluding carboxylic acids is 1. The topological polar surface area (TPSA) is 45.7 Å². The molecular weight excluding hydrogens is 370 g/mol. The van der Waals surface area contributed by atoms with Crippen LogP contribution in [0.15, 0.2) is 47.1 Å². The first-order valence-electron chi connectivity index (χ1n) is 7.88. The van der Waals surface area contributed by atoms with Crippen LogP contribution in [-0.2, 0) is 0 Å². The van der Waals surface area contributed by atoms with E-state index < -0.39 is 0 Å². The lowest BCUT2D eigenvalue weighted by Gasteiger charge is -2.18. The maximum Gasteiger partial charge on any atom is 0.253 e. The fourth-order valence-electron chi connectivity index (χ4n) is 2.70. The number of ether oxygens (including phenoxy) is 1. The number of rotatable bonds is 4. The van der Waals surface area contributed by atoms with Gasteiger partial charge >= 0.3 is 0 Å². The average molecular weight is 390 g/mol. The van der Waals surface area contributed by atoms with E-state index in [9.17, 15) is 4.79 Å². The zero-order valence-corrected chi connectivity index (χ0v) is 15.4. The third kappa shape index (κ3) is 3.87. The molecule has 1 fully saturated rings. The molecule has 6 heteroatoms. The van der Waals surface area contributed by atoms with E-state index in [2.05, 4.69) is 20.9 Å². The van der Waals surface area contributed by atoms with Crippen molar-refractivity contribution < 1.29 is 9.53 Å². The van der Waals surface area contributed by atoms with Crippen LogP contribution in [0.4, 0.5) is 5.69 Å². The second-order valence-corrected chi connectivity index (χ2v) is 6.95. The Bertz CT molecular complexity index is 701. The number of pyridine rings is 1. The van der Waals surface area contributed by atoms with Crippen LogP contribution in [0.1, 0.15) is 16.8 Å². The van der Waals surface area contributed by atoms with Gasteiger partial charge in [-0.3, -0.25) is 4.79 Å². The minimum Gasteiger partial charge on any atom is -0.472 e. The summed E-state index contributed by atoms with van der Waals surface area (Å²) in [4.78, 5) is 20.7. The van der Waals surface area contributed by atoms with Crippen LogP contribution in [-0.4, -0.2) is 49.1 Å². The van der Waals surface area contributed by atoms with E-state index in [1.54, 1.807) is 6.20 Å². The number of nitrogens with zero attached hydrogens (tertiary/aromatic N) is 3. The Kier molecular flexibility index (Phi) is 5.04. The normalized spacial score (nSPS) is 17.0. The molecule has 0 N–H and O–H groups in total. The molecule has 0 aliphatic carbocycles. The van der Waals surface area contributed by atoms with Gasteiger partial charge in [0.25, 0.3) is 5.91 Å². The number of halogens is 1. The second-order valence-electron chi connectivity index (χ2n) is 6.04. The van der Waals surface area contributed by atoms with Gasteiger partial charge in [-0.05, 0) is 46.3 Å². The first-order chi connectivity index (χ1) is 11.5. The van der Waals surface area contributed by atoms with Crippen molar-refractivity contribution in [1.82, 2.24) is 9.88 Å². The molecule has 5 nitrogen and oxygen atoms in total. The molecule has 126 valence electrons. The number of likely N-dealkylation sites (tertiary alicyclic amines) is 1. The first kappa shape index (κ1) is 16.8. The zero-order valence-electron chi connectivity index (χ0n) is 13.8. The van der Waals surface area contributed by atoms with Gasteiger partial charge in [-0.1, -0.05) is 0 Å². The largest absolute Gasteiger partial charge is 0.472 e. The minimum absolute atomic E-state index is 0.0105. The Morgan fingerprint density at radius 2 is 2.00 bits per heavy atom. The molecule has 0 saturated carbocycles. The summed E-state index contributed by atoms with van der Waals surface area (Å²) in [6.45, 7) is 1.29. The standard InChI is InChI=1S/C18H20BrN3O2/c1-21(2)15-6-3-13(4-7-15)18(23)22-10-9-16(12-22)24-17-8-5-14(19)11-20-17/h3-8,11,16H,9-10,12H2,1-2H3. The van der Waals surface area contributed by atoms with Gasteiger partial charge < -0.3 is 14.5 Å². The maximum atomic E-state index is 12.6. The SMILES string of the molecule is CN(C)c1ccc(C(=O)N2CCC(Oc3ccc(Br)cn3)C2)cc1. The molecule has 1 saturated heterocycles. The number of anilines is 1. The van der Waals surface area contributed by atoms with E-state index >= 15 is 0 Å². The quantitative estimate of drug-likeness (QED) is 0.805. The van der Waals surface area contributed by atoms with E-state index in [4.69, 9.17) is 4.74 Å². The van der Waals surface area contributed by atoms with Gasteiger partial charge in [0.1, 0.15) is 6.10 Å². The summed E-state index contributed by atoms with van der Waals surface area (Å²) in [6.07, 6.45) is 2.52. The maximum absolute atomic E-state index is 12.6. The van der Waals surface area contributed by atoms with Crippen molar-refractivity contribution in [2.24, 2.45) is 0 Å². The summed E-state index contributed by atoms with van der Waals surface area (Å²) < 4.78 is 6.78. The molecule has 0 radical (unpaired) electrons. The lowest BCUT2D eigenvalue weighted by molar-refractivity contribution is 0.0771. The minimum atomic E-state index is -0.0105. The van der Waals surface area contributed by atoms with Crippen LogP contribution in [0.3, 0.4) is 0 Å². The molecule has 1 unspecified atom stereocenters. The van der Waals surface area contributed by atoms with E-state index in [0.717, 1.165) is 16.6 Å². The molecule has 1 aliphatic heterocycles. The van der Waals surface area contributed by atoms with Crippen molar-refractivity contribution in [1.29, 1.82) is 0 Å². The molecule has 2 heterocycles. The van der Waals surface area contributed by atoms with E-state index in [1.807, 2.05) is 60.3 Å². The molecule has 1 amide bonds. The summed E-state index contributed by atoms with van der Waals surface area (Å²) in [5, 5.41) is 0. The molecular formula is C18H20BrN3O2. The van der Waals surface area contributed by atoms with Crippen LogP contribution in [0.5, 0.6) is 5.88 Å². The highest BCUT2D eigenvalue weighted by molar-refractivity contribution is 9.10. The first-order valence-corrected chi connectivity index (χ1v) is 8.67. The van der Waals surface area contributed by atoms with Crippen LogP contribution < -0.4 is 9.64 Å². The lowest BCUT2D eigenvalue weighted by Crippen LogP contribution is -2.31. The third-order valence-corrected chi connectivity index (χ3v) is 4.52. The van der Waals surface area contributed by atoms with Gasteiger partial charge in [0.05, 0.1) is 6.54 Å². The van der Waals surface area contributed by atoms with Gasteiger partial charge in [0.2, 0.25) is 5.88 Å². The fourth-order valence-corrected chi connectivity index (χ4v) is 2.93. The Balaban J connectivity index is 1.60. The molecule has 1 aliphatic rings. The van der Waals surface area contributed by atoms with Gasteiger partial charge in [-0.2, -0.15) is 0 Å². The zero-order chi connectivity index (χ0) is 17.1. The molecule has 24 heavy (non-hydrogen) atoms. The van der Waals surface area contributed by atoms with Gasteiger partial charge in [-0.25, -0.2) is 4.98 Å². The highest BCUT2D eigenvalue weighted by Gasteiger charge is 2.28. The number of amides is 1. The second kappa shape index (κ2) is 7.21. The van der Waals surface area contributed by atoms with Gasteiger partial charge in [0.15, 0.2) is 0 Å². The highest BCUT2D eigenvalue weighted by Crippen LogP contribution is 2.21. The van der Waals surface area contributed by atoms with E-state index in [1.165, 1.54) is 0 Å². The number of benzene rings is 1. The average Bonchev–Trinajstić information content (AvgIpc) is 3.05. The van der Waals surface area contributed by atoms with Crippen molar-refractivity contribution >= 4 is 27.5 Å². The summed E-state index contributed by atoms with van der Waals surface area (Å²) >= 11 is 3.35. The molecule has 1 aromatic heterocycles. The predicted molar refractivity (Wildman–Crippen MR) is 97.6 cm³/mol. The predicted octanol–water partition coefficient (Wildman–Crippen LogP) is 3.20. The molecule has 1 aromatic carbocycles. The summed E-state index contributed by atoms with van der Waals surface area (Å²) in [5.74, 6) is 0.642. The summed E-state index contributed by atoms with van der Waals surface area (Å²) in [5.41, 5.74) is 1.79. The van der Waals surface area contributed by atoms with Crippen molar-refractivity contribution in [3.63, 3.8) is 0 Å². The van der Waals surface area contributed by atoms with Crippen LogP contribution in [0.2, 0.25) is 0 Å². The van der Waals surface area contributed by atoms with Gasteiger partial charge in [-0.15, -0.1) is 0 Å². The Labute approximate surface area is 150 Å². The lowest BCUT2D eigenvalue weighted by atomic mass is 10.2. The molecule has 3 rings (SSSR count). The monoisotopic (exact) mass is 389 g/mol. The van der Waals surface area contributed by atoms with E-state index in [-0.39, 0.29) is 12.0 Å². The molecule has 1 atom stereocenters. The summed E-state index contributed by atoms with van der Waals surface area (Å²) in [7, 11) is 3.96.